The summed E-state index contributed by atoms with van der Waals surface area (Å²) in [6.07, 6.45) is 3.33. The summed E-state index contributed by atoms with van der Waals surface area (Å²) >= 11 is 0. The zero-order chi connectivity index (χ0) is 27.9. The molecule has 42 heavy (non-hydrogen) atoms. The normalized spacial score (nSPS) is 24.1. The molecule has 1 aliphatic carbocycles. The summed E-state index contributed by atoms with van der Waals surface area (Å²) in [7, 11) is 1.62. The van der Waals surface area contributed by atoms with E-state index in [1.807, 2.05) is 31.2 Å². The number of carbonyl (C=O) groups is 3. The first-order chi connectivity index (χ1) is 18.7. The third-order valence-electron chi connectivity index (χ3n) is 7.50. The molecule has 0 aromatic heterocycles. The molecule has 12 heteroatoms. The number of ether oxygens (including phenoxy) is 1. The molecule has 1 heterocycles. The number of hydrogen-bond acceptors (Lipinski definition) is 5. The Labute approximate surface area is 252 Å². The number of fused-ring (bicyclic) bond motifs is 1. The van der Waals surface area contributed by atoms with E-state index in [1.165, 1.54) is 17.0 Å². The van der Waals surface area contributed by atoms with Crippen LogP contribution in [-0.4, -0.2) is 77.9 Å². The first-order valence-electron chi connectivity index (χ1n) is 13.8. The average Bonchev–Trinajstić information content (AvgIpc) is 3.76. The van der Waals surface area contributed by atoms with Gasteiger partial charge in [0.2, 0.25) is 17.7 Å². The lowest BCUT2D eigenvalue weighted by Gasteiger charge is -2.31. The van der Waals surface area contributed by atoms with Crippen LogP contribution < -0.4 is 20.7 Å². The van der Waals surface area contributed by atoms with Crippen LogP contribution in [0.25, 0.3) is 0 Å². The van der Waals surface area contributed by atoms with Gasteiger partial charge in [-0.1, -0.05) is 30.3 Å². The summed E-state index contributed by atoms with van der Waals surface area (Å²) in [5.41, 5.74) is 1.76. The van der Waals surface area contributed by atoms with Gasteiger partial charge in [-0.3, -0.25) is 14.4 Å². The van der Waals surface area contributed by atoms with Crippen LogP contribution in [0.1, 0.15) is 44.2 Å². The Morgan fingerprint density at radius 2 is 1.64 bits per heavy atom. The molecule has 0 radical (unpaired) electrons. The standard InChI is InChI=1S/C30H39FN4O4.ClH.2H2O/c1-19-18-33-27(23-12-13-23)30(38)35(3)20(2)28(36)34-25(17-21-10-14-24(31)15-11-21)29(37)32-16-6-8-22-7-4-5-9-26(22)39-19;;;/h4-5,7,9-11,14-15,19-20,23,25,27,33H,6,8,12-13,16-18H2,1-3H3,(H,32,37)(H,34,36);1H;2*1H2/t19-,20-,25-,27+;;;/m1.../s1. The monoisotopic (exact) mass is 610 g/mol. The maximum Gasteiger partial charge on any atom is 0.243 e. The molecule has 2 aliphatic rings. The lowest BCUT2D eigenvalue weighted by Crippen LogP contribution is -2.57. The third-order valence-corrected chi connectivity index (χ3v) is 7.50. The van der Waals surface area contributed by atoms with Gasteiger partial charge in [0.1, 0.15) is 29.8 Å². The highest BCUT2D eigenvalue weighted by molar-refractivity contribution is 5.93. The van der Waals surface area contributed by atoms with Gasteiger partial charge < -0.3 is 36.5 Å². The van der Waals surface area contributed by atoms with Gasteiger partial charge >= 0.3 is 0 Å². The smallest absolute Gasteiger partial charge is 0.243 e. The molecule has 0 saturated heterocycles. The summed E-state index contributed by atoms with van der Waals surface area (Å²) in [4.78, 5) is 41.4. The van der Waals surface area contributed by atoms with Crippen LogP contribution in [0.4, 0.5) is 4.39 Å². The molecule has 3 amide bonds. The number of hydrogen-bond donors (Lipinski definition) is 3. The number of carbonyl (C=O) groups excluding carboxylic acids is 3. The first kappa shape index (κ1) is 36.8. The number of aryl methyl sites for hydroxylation is 1. The van der Waals surface area contributed by atoms with Crippen molar-refractivity contribution in [3.63, 3.8) is 0 Å². The molecule has 7 N–H and O–H groups in total. The topological polar surface area (TPSA) is 163 Å². The molecule has 0 bridgehead atoms. The summed E-state index contributed by atoms with van der Waals surface area (Å²) in [5, 5.41) is 9.17. The Hall–Kier alpha value is -3.25. The number of likely N-dealkylation sites (N-methyl/N-ethyl adjacent to an activating group) is 1. The second-order valence-corrected chi connectivity index (χ2v) is 10.7. The van der Waals surface area contributed by atoms with Gasteiger partial charge in [0, 0.05) is 26.6 Å². The van der Waals surface area contributed by atoms with Crippen LogP contribution in [0.2, 0.25) is 0 Å². The van der Waals surface area contributed by atoms with Crippen molar-refractivity contribution in [2.45, 2.75) is 70.2 Å². The molecule has 1 saturated carbocycles. The minimum Gasteiger partial charge on any atom is -0.489 e. The highest BCUT2D eigenvalue weighted by atomic mass is 35.5. The molecule has 1 aliphatic heterocycles. The van der Waals surface area contributed by atoms with E-state index in [0.29, 0.717) is 31.5 Å². The maximum absolute atomic E-state index is 13.5. The van der Waals surface area contributed by atoms with Crippen molar-refractivity contribution in [1.29, 1.82) is 0 Å². The molecule has 234 valence electrons. The summed E-state index contributed by atoms with van der Waals surface area (Å²) < 4.78 is 19.7. The maximum atomic E-state index is 13.5. The SMILES string of the molecule is C[C@@H]1CN[C@@H](C2CC2)C(=O)N(C)[C@H](C)C(=O)N[C@H](Cc2ccc(F)cc2)C(=O)NCCCc2ccccc2O1.Cl.O.O. The van der Waals surface area contributed by atoms with Crippen molar-refractivity contribution in [1.82, 2.24) is 20.9 Å². The van der Waals surface area contributed by atoms with Crippen LogP contribution >= 0.6 is 12.4 Å². The second-order valence-electron chi connectivity index (χ2n) is 10.7. The van der Waals surface area contributed by atoms with Crippen molar-refractivity contribution < 1.29 is 34.5 Å². The zero-order valence-corrected chi connectivity index (χ0v) is 25.1. The van der Waals surface area contributed by atoms with Gasteiger partial charge in [-0.25, -0.2) is 4.39 Å². The number of halogens is 2. The largest absolute Gasteiger partial charge is 0.489 e. The molecule has 0 spiro atoms. The molecule has 2 aromatic rings. The van der Waals surface area contributed by atoms with Gasteiger partial charge in [0.25, 0.3) is 0 Å². The van der Waals surface area contributed by atoms with Crippen LogP contribution in [0, 0.1) is 11.7 Å². The van der Waals surface area contributed by atoms with Crippen molar-refractivity contribution in [3.8, 4) is 5.75 Å². The first-order valence-corrected chi connectivity index (χ1v) is 13.8. The number of para-hydroxylation sites is 1. The van der Waals surface area contributed by atoms with E-state index in [0.717, 1.165) is 24.2 Å². The predicted octanol–water partition coefficient (Wildman–Crippen LogP) is 1.37. The lowest BCUT2D eigenvalue weighted by atomic mass is 10.0. The number of rotatable bonds is 3. The Morgan fingerprint density at radius 3 is 2.31 bits per heavy atom. The van der Waals surface area contributed by atoms with Crippen molar-refractivity contribution in [2.75, 3.05) is 20.1 Å². The van der Waals surface area contributed by atoms with E-state index in [4.69, 9.17) is 4.74 Å². The molecule has 1 fully saturated rings. The minimum atomic E-state index is -0.873. The van der Waals surface area contributed by atoms with Gasteiger partial charge in [0.15, 0.2) is 0 Å². The number of nitrogens with one attached hydrogen (secondary N) is 3. The fourth-order valence-electron chi connectivity index (χ4n) is 4.82. The van der Waals surface area contributed by atoms with Crippen molar-refractivity contribution in [3.05, 3.63) is 65.5 Å². The Kier molecular flexibility index (Phi) is 14.9. The fraction of sp³-hybridized carbons (Fsp3) is 0.500. The van der Waals surface area contributed by atoms with E-state index in [9.17, 15) is 18.8 Å². The third kappa shape index (κ3) is 9.94. The van der Waals surface area contributed by atoms with Gasteiger partial charge in [-0.2, -0.15) is 0 Å². The van der Waals surface area contributed by atoms with E-state index < -0.39 is 24.0 Å². The highest BCUT2D eigenvalue weighted by Crippen LogP contribution is 2.33. The predicted molar refractivity (Wildman–Crippen MR) is 161 cm³/mol. The fourth-order valence-corrected chi connectivity index (χ4v) is 4.82. The van der Waals surface area contributed by atoms with Crippen molar-refractivity contribution in [2.24, 2.45) is 5.92 Å². The number of nitrogens with zero attached hydrogens (tertiary/aromatic N) is 1. The summed E-state index contributed by atoms with van der Waals surface area (Å²) in [6, 6.07) is 11.6. The average molecular weight is 611 g/mol. The van der Waals surface area contributed by atoms with Crippen molar-refractivity contribution >= 4 is 30.1 Å². The van der Waals surface area contributed by atoms with Crippen LogP contribution in [0.3, 0.4) is 0 Å². The molecule has 2 aromatic carbocycles. The molecule has 10 nitrogen and oxygen atoms in total. The van der Waals surface area contributed by atoms with Crippen LogP contribution in [0.15, 0.2) is 48.5 Å². The molecular weight excluding hydrogens is 567 g/mol. The van der Waals surface area contributed by atoms with Gasteiger partial charge in [-0.15, -0.1) is 12.4 Å². The highest BCUT2D eigenvalue weighted by Gasteiger charge is 2.39. The molecule has 4 rings (SSSR count). The van der Waals surface area contributed by atoms with Gasteiger partial charge in [-0.05, 0) is 74.8 Å². The summed E-state index contributed by atoms with van der Waals surface area (Å²) in [6.45, 7) is 4.53. The van der Waals surface area contributed by atoms with Crippen LogP contribution in [0.5, 0.6) is 5.75 Å². The summed E-state index contributed by atoms with van der Waals surface area (Å²) in [5.74, 6) is -0.269. The lowest BCUT2D eigenvalue weighted by molar-refractivity contribution is -0.141. The second kappa shape index (κ2) is 17.0. The van der Waals surface area contributed by atoms with E-state index in [-0.39, 0.29) is 59.4 Å². The zero-order valence-electron chi connectivity index (χ0n) is 24.3. The molecule has 4 atom stereocenters. The molecule has 0 unspecified atom stereocenters. The van der Waals surface area contributed by atoms with Gasteiger partial charge in [0.05, 0.1) is 6.04 Å². The molecular formula is C30H44ClFN4O6. The Bertz CT molecular complexity index is 1170. The van der Waals surface area contributed by atoms with E-state index in [1.54, 1.807) is 26.1 Å². The Morgan fingerprint density at radius 1 is 0.976 bits per heavy atom. The minimum absolute atomic E-state index is 0. The number of amides is 3. The quantitative estimate of drug-likeness (QED) is 0.477. The number of benzene rings is 2. The van der Waals surface area contributed by atoms with E-state index >= 15 is 0 Å². The van der Waals surface area contributed by atoms with Crippen LogP contribution in [-0.2, 0) is 27.2 Å². The Balaban J connectivity index is 0.00000294. The van der Waals surface area contributed by atoms with E-state index in [2.05, 4.69) is 16.0 Å².